The van der Waals surface area contributed by atoms with E-state index in [0.29, 0.717) is 6.61 Å². The maximum absolute atomic E-state index is 12.8. The minimum absolute atomic E-state index is 0.0520. The molecule has 1 aliphatic rings. The highest BCUT2D eigenvalue weighted by Gasteiger charge is 2.54. The summed E-state index contributed by atoms with van der Waals surface area (Å²) in [7, 11) is 1.46. The summed E-state index contributed by atoms with van der Waals surface area (Å²) in [6, 6.07) is -2.69. The van der Waals surface area contributed by atoms with Crippen LogP contribution in [0.5, 0.6) is 0 Å². The summed E-state index contributed by atoms with van der Waals surface area (Å²) >= 11 is 0. The molecule has 17 nitrogen and oxygen atoms in total. The number of aliphatic hydroxyl groups is 4. The number of methoxy groups -OCH3 is 1. The number of alkyl carbamates (subject to hydrolysis) is 1. The summed E-state index contributed by atoms with van der Waals surface area (Å²) in [4.78, 5) is 50.1. The van der Waals surface area contributed by atoms with E-state index in [1.165, 1.54) is 7.11 Å². The predicted octanol–water partition coefficient (Wildman–Crippen LogP) is -2.49. The number of rotatable bonds is 21. The third-order valence-electron chi connectivity index (χ3n) is 6.60. The molecule has 1 rings (SSSR count). The molecule has 0 aliphatic carbocycles. The van der Waals surface area contributed by atoms with E-state index in [1.54, 1.807) is 13.8 Å². The van der Waals surface area contributed by atoms with Gasteiger partial charge in [-0.25, -0.2) is 9.59 Å². The quantitative estimate of drug-likeness (QED) is 0.0605. The number of carbonyl (C=O) groups excluding carboxylic acids is 3. The zero-order valence-corrected chi connectivity index (χ0v) is 25.7. The standard InChI is InChI=1S/C27H49N3O14/c1-5-6-41-9-10-43-26(39)29-17(15-42-8-7-40-4)24(36)28-13-20(34)30-21-18(32)12-27(25(37)38,11-16(2)3)44-23(21)22(35)19(33)14-31/h16-19,21-23,31-33,35H,5-15H2,1-4H3,(H,28,36)(H,29,39)(H,30,34)(H,37,38). The van der Waals surface area contributed by atoms with E-state index in [-0.39, 0.29) is 45.4 Å². The van der Waals surface area contributed by atoms with Gasteiger partial charge in [0, 0.05) is 20.1 Å². The summed E-state index contributed by atoms with van der Waals surface area (Å²) in [5, 5.41) is 58.0. The molecule has 0 bridgehead atoms. The highest BCUT2D eigenvalue weighted by molar-refractivity contribution is 5.89. The van der Waals surface area contributed by atoms with Crippen LogP contribution < -0.4 is 16.0 Å². The lowest BCUT2D eigenvalue weighted by atomic mass is 9.79. The van der Waals surface area contributed by atoms with Gasteiger partial charge in [0.25, 0.3) is 0 Å². The van der Waals surface area contributed by atoms with Crippen LogP contribution in [-0.2, 0) is 38.1 Å². The lowest BCUT2D eigenvalue weighted by Gasteiger charge is -2.47. The predicted molar refractivity (Wildman–Crippen MR) is 151 cm³/mol. The first kappa shape index (κ1) is 39.4. The first-order valence-corrected chi connectivity index (χ1v) is 14.5. The molecule has 3 amide bonds. The van der Waals surface area contributed by atoms with Gasteiger partial charge in [-0.2, -0.15) is 0 Å². The Morgan fingerprint density at radius 2 is 1.73 bits per heavy atom. The molecule has 7 unspecified atom stereocenters. The Bertz CT molecular complexity index is 894. The van der Waals surface area contributed by atoms with Crippen LogP contribution in [0.2, 0.25) is 0 Å². The molecule has 1 fully saturated rings. The van der Waals surface area contributed by atoms with Crippen molar-refractivity contribution < 1.29 is 68.4 Å². The van der Waals surface area contributed by atoms with Gasteiger partial charge in [-0.1, -0.05) is 20.8 Å². The van der Waals surface area contributed by atoms with Crippen molar-refractivity contribution >= 4 is 23.9 Å². The Morgan fingerprint density at radius 1 is 1.05 bits per heavy atom. The molecule has 1 heterocycles. The van der Waals surface area contributed by atoms with Gasteiger partial charge >= 0.3 is 12.1 Å². The average molecular weight is 640 g/mol. The number of hydrogen-bond acceptors (Lipinski definition) is 13. The normalized spacial score (nSPS) is 23.8. The first-order valence-electron chi connectivity index (χ1n) is 14.5. The van der Waals surface area contributed by atoms with Gasteiger partial charge in [-0.3, -0.25) is 9.59 Å². The molecule has 1 saturated heterocycles. The van der Waals surface area contributed by atoms with E-state index in [2.05, 4.69) is 16.0 Å². The molecule has 8 N–H and O–H groups in total. The second-order valence-corrected chi connectivity index (χ2v) is 10.8. The molecule has 44 heavy (non-hydrogen) atoms. The topological polar surface area (TPSA) is 252 Å². The van der Waals surface area contributed by atoms with Gasteiger partial charge in [0.2, 0.25) is 11.8 Å². The van der Waals surface area contributed by atoms with Gasteiger partial charge in [-0.15, -0.1) is 0 Å². The van der Waals surface area contributed by atoms with Crippen LogP contribution in [-0.4, -0.2) is 151 Å². The Morgan fingerprint density at radius 3 is 2.32 bits per heavy atom. The van der Waals surface area contributed by atoms with Crippen LogP contribution >= 0.6 is 0 Å². The number of nitrogens with one attached hydrogen (secondary N) is 3. The first-order chi connectivity index (χ1) is 20.8. The van der Waals surface area contributed by atoms with Crippen LogP contribution in [0.4, 0.5) is 4.79 Å². The third kappa shape index (κ3) is 13.2. The van der Waals surface area contributed by atoms with Crippen LogP contribution in [0.1, 0.15) is 40.0 Å². The molecular formula is C27H49N3O14. The van der Waals surface area contributed by atoms with Crippen molar-refractivity contribution in [3.63, 3.8) is 0 Å². The fourth-order valence-electron chi connectivity index (χ4n) is 4.55. The molecule has 0 aromatic rings. The average Bonchev–Trinajstić information content (AvgIpc) is 2.97. The van der Waals surface area contributed by atoms with E-state index < -0.39 is 85.5 Å². The van der Waals surface area contributed by atoms with Gasteiger partial charge in [0.1, 0.15) is 31.0 Å². The monoisotopic (exact) mass is 639 g/mol. The van der Waals surface area contributed by atoms with Crippen molar-refractivity contribution in [1.29, 1.82) is 0 Å². The van der Waals surface area contributed by atoms with E-state index in [4.69, 9.17) is 23.7 Å². The minimum atomic E-state index is -1.94. The number of aliphatic carboxylic acids is 1. The fraction of sp³-hybridized carbons (Fsp3) is 0.852. The minimum Gasteiger partial charge on any atom is -0.479 e. The van der Waals surface area contributed by atoms with Gasteiger partial charge in [0.15, 0.2) is 5.60 Å². The number of hydrogen-bond donors (Lipinski definition) is 8. The summed E-state index contributed by atoms with van der Waals surface area (Å²) in [6.45, 7) is 4.46. The molecule has 17 heteroatoms. The van der Waals surface area contributed by atoms with Gasteiger partial charge < -0.3 is 65.2 Å². The van der Waals surface area contributed by atoms with E-state index in [9.17, 15) is 44.7 Å². The van der Waals surface area contributed by atoms with Crippen molar-refractivity contribution in [1.82, 2.24) is 16.0 Å². The van der Waals surface area contributed by atoms with Crippen molar-refractivity contribution in [3.8, 4) is 0 Å². The van der Waals surface area contributed by atoms with Crippen molar-refractivity contribution in [3.05, 3.63) is 0 Å². The smallest absolute Gasteiger partial charge is 0.407 e. The molecule has 1 aliphatic heterocycles. The van der Waals surface area contributed by atoms with E-state index in [1.807, 2.05) is 6.92 Å². The fourth-order valence-corrected chi connectivity index (χ4v) is 4.55. The summed E-state index contributed by atoms with van der Waals surface area (Å²) in [6.07, 6.45) is -7.50. The zero-order chi connectivity index (χ0) is 33.3. The molecule has 0 aromatic heterocycles. The zero-order valence-electron chi connectivity index (χ0n) is 25.7. The van der Waals surface area contributed by atoms with Crippen LogP contribution in [0.15, 0.2) is 0 Å². The number of carboxylic acid groups (broad SMARTS) is 1. The van der Waals surface area contributed by atoms with Crippen LogP contribution in [0, 0.1) is 5.92 Å². The van der Waals surface area contributed by atoms with Crippen molar-refractivity contribution in [2.45, 2.75) is 82.1 Å². The Hall–Kier alpha value is -2.64. The maximum atomic E-state index is 12.8. The number of carbonyl (C=O) groups is 4. The SMILES string of the molecule is CCCOCCOC(=O)NC(COCCOC)C(=O)NCC(=O)NC1C(O)CC(CC(C)C)(C(=O)O)OC1C(O)C(O)CO. The summed E-state index contributed by atoms with van der Waals surface area (Å²) in [5.41, 5.74) is -1.94. The Balaban J connectivity index is 2.93. The summed E-state index contributed by atoms with van der Waals surface area (Å²) in [5.74, 6) is -3.29. The van der Waals surface area contributed by atoms with E-state index in [0.717, 1.165) is 6.42 Å². The Kier molecular flexibility index (Phi) is 18.3. The molecular weight excluding hydrogens is 590 g/mol. The number of carboxylic acids is 1. The largest absolute Gasteiger partial charge is 0.479 e. The summed E-state index contributed by atoms with van der Waals surface area (Å²) < 4.78 is 26.2. The number of ether oxygens (including phenoxy) is 5. The van der Waals surface area contributed by atoms with Crippen LogP contribution in [0.25, 0.3) is 0 Å². The molecule has 0 radical (unpaired) electrons. The molecule has 0 saturated carbocycles. The molecule has 7 atom stereocenters. The third-order valence-corrected chi connectivity index (χ3v) is 6.60. The van der Waals surface area contributed by atoms with Gasteiger partial charge in [0.05, 0.1) is 51.7 Å². The number of aliphatic hydroxyl groups excluding tert-OH is 4. The maximum Gasteiger partial charge on any atom is 0.407 e. The second-order valence-electron chi connectivity index (χ2n) is 10.8. The number of amides is 3. The Labute approximate surface area is 256 Å². The molecule has 0 spiro atoms. The molecule has 0 aromatic carbocycles. The highest BCUT2D eigenvalue weighted by atomic mass is 16.6. The van der Waals surface area contributed by atoms with Crippen molar-refractivity contribution in [2.24, 2.45) is 5.92 Å². The second kappa shape index (κ2) is 20.4. The van der Waals surface area contributed by atoms with Crippen LogP contribution in [0.3, 0.4) is 0 Å². The van der Waals surface area contributed by atoms with E-state index >= 15 is 0 Å². The lowest BCUT2D eigenvalue weighted by molar-refractivity contribution is -0.233. The lowest BCUT2D eigenvalue weighted by Crippen LogP contribution is -2.68. The molecule has 256 valence electrons. The van der Waals surface area contributed by atoms with Crippen molar-refractivity contribution in [2.75, 3.05) is 59.9 Å². The highest BCUT2D eigenvalue weighted by Crippen LogP contribution is 2.36. The van der Waals surface area contributed by atoms with Gasteiger partial charge in [-0.05, 0) is 18.8 Å².